The van der Waals surface area contributed by atoms with Crippen LogP contribution in [0.1, 0.15) is 106 Å². The van der Waals surface area contributed by atoms with E-state index in [-0.39, 0.29) is 49.6 Å². The average molecular weight is 785 g/mol. The lowest BCUT2D eigenvalue weighted by Crippen LogP contribution is -2.62. The lowest BCUT2D eigenvalue weighted by molar-refractivity contribution is -0.327. The van der Waals surface area contributed by atoms with Crippen LogP contribution in [-0.2, 0) is 42.8 Å². The van der Waals surface area contributed by atoms with E-state index in [0.29, 0.717) is 25.7 Å². The summed E-state index contributed by atoms with van der Waals surface area (Å²) in [6.07, 6.45) is 7.57. The van der Waals surface area contributed by atoms with Crippen LogP contribution in [0.2, 0.25) is 0 Å². The third-order valence-electron chi connectivity index (χ3n) is 11.5. The molecule has 12 heteroatoms. The lowest BCUT2D eigenvalue weighted by Gasteiger charge is -2.51. The minimum Gasteiger partial charge on any atom is -0.466 e. The van der Waals surface area contributed by atoms with Gasteiger partial charge in [0.05, 0.1) is 56.3 Å². The molecule has 12 nitrogen and oxygen atoms in total. The maximum atomic E-state index is 13.3. The number of aliphatic hydroxyl groups is 3. The highest BCUT2D eigenvalue weighted by atomic mass is 16.7. The topological polar surface area (TPSA) is 167 Å². The first-order valence-electron chi connectivity index (χ1n) is 19.9. The minimum absolute atomic E-state index is 0.0493. The lowest BCUT2D eigenvalue weighted by atomic mass is 9.72. The Bertz CT molecular complexity index is 1550. The Kier molecular flexibility index (Phi) is 15.7. The number of ether oxygens (including phenoxy) is 6. The summed E-state index contributed by atoms with van der Waals surface area (Å²) in [6.45, 7) is 19.7. The van der Waals surface area contributed by atoms with Crippen molar-refractivity contribution in [3.8, 4) is 0 Å². The molecule has 3 fully saturated rings. The van der Waals surface area contributed by atoms with Gasteiger partial charge >= 0.3 is 17.9 Å². The van der Waals surface area contributed by atoms with Crippen LogP contribution < -0.4 is 0 Å². The summed E-state index contributed by atoms with van der Waals surface area (Å²) < 4.78 is 36.3. The molecule has 0 aromatic heterocycles. The van der Waals surface area contributed by atoms with E-state index in [1.54, 1.807) is 26.0 Å². The number of unbranched alkanes of at least 4 members (excludes halogenated alkanes) is 1. The molecule has 0 saturated carbocycles. The van der Waals surface area contributed by atoms with Crippen molar-refractivity contribution in [3.63, 3.8) is 0 Å². The fourth-order valence-electron chi connectivity index (χ4n) is 7.83. The molecule has 0 aliphatic carbocycles. The molecule has 0 spiro atoms. The van der Waals surface area contributed by atoms with E-state index in [4.69, 9.17) is 28.4 Å². The molecule has 10 atom stereocenters. The quantitative estimate of drug-likeness (QED) is 0.0902. The molecule has 0 aromatic rings. The second-order valence-corrected chi connectivity index (χ2v) is 16.9. The molecule has 312 valence electrons. The number of carbonyl (C=O) groups is 3. The van der Waals surface area contributed by atoms with E-state index >= 15 is 0 Å². The summed E-state index contributed by atoms with van der Waals surface area (Å²) in [5, 5.41) is 34.7. The molecule has 0 amide bonds. The van der Waals surface area contributed by atoms with Gasteiger partial charge in [-0.1, -0.05) is 95.7 Å². The molecule has 4 aliphatic rings. The summed E-state index contributed by atoms with van der Waals surface area (Å²) in [5.74, 6) is -4.57. The maximum Gasteiger partial charge on any atom is 0.331 e. The molecule has 4 heterocycles. The van der Waals surface area contributed by atoms with Crippen molar-refractivity contribution < 1.29 is 58.1 Å². The summed E-state index contributed by atoms with van der Waals surface area (Å²) in [6, 6.07) is 0. The molecular weight excluding hydrogens is 720 g/mol. The van der Waals surface area contributed by atoms with Crippen molar-refractivity contribution >= 4 is 17.9 Å². The monoisotopic (exact) mass is 784 g/mol. The summed E-state index contributed by atoms with van der Waals surface area (Å²) in [5.41, 5.74) is 0.456. The number of hydrogen-bond acceptors (Lipinski definition) is 12. The third-order valence-corrected chi connectivity index (χ3v) is 11.5. The van der Waals surface area contributed by atoms with Crippen molar-refractivity contribution in [1.29, 1.82) is 0 Å². The fourth-order valence-corrected chi connectivity index (χ4v) is 7.83. The van der Waals surface area contributed by atoms with Crippen LogP contribution in [0, 0.1) is 10.8 Å². The van der Waals surface area contributed by atoms with Crippen molar-refractivity contribution in [1.82, 2.24) is 0 Å². The molecule has 0 radical (unpaired) electrons. The van der Waals surface area contributed by atoms with E-state index in [1.807, 2.05) is 19.1 Å². The number of allylic oxidation sites excluding steroid dienone is 3. The van der Waals surface area contributed by atoms with Gasteiger partial charge in [0.2, 0.25) is 5.79 Å². The van der Waals surface area contributed by atoms with E-state index in [2.05, 4.69) is 27.0 Å². The van der Waals surface area contributed by atoms with Crippen molar-refractivity contribution in [2.24, 2.45) is 10.8 Å². The van der Waals surface area contributed by atoms with Gasteiger partial charge in [-0.25, -0.2) is 9.59 Å². The van der Waals surface area contributed by atoms with Crippen LogP contribution in [0.3, 0.4) is 0 Å². The predicted molar refractivity (Wildman–Crippen MR) is 210 cm³/mol. The van der Waals surface area contributed by atoms with Gasteiger partial charge in [-0.05, 0) is 44.6 Å². The van der Waals surface area contributed by atoms with Crippen LogP contribution in [-0.4, -0.2) is 101 Å². The highest BCUT2D eigenvalue weighted by molar-refractivity contribution is 5.84. The first-order chi connectivity index (χ1) is 26.3. The van der Waals surface area contributed by atoms with E-state index in [0.717, 1.165) is 30.1 Å². The number of hydrogen-bond donors (Lipinski definition) is 3. The molecule has 3 N–H and O–H groups in total. The smallest absolute Gasteiger partial charge is 0.331 e. The molecule has 4 aliphatic heterocycles. The Morgan fingerprint density at radius 2 is 1.70 bits per heavy atom. The van der Waals surface area contributed by atoms with Crippen LogP contribution >= 0.6 is 0 Å². The molecular formula is C44H64O12. The molecule has 0 unspecified atom stereocenters. The van der Waals surface area contributed by atoms with Crippen molar-refractivity contribution in [2.75, 3.05) is 7.11 Å². The van der Waals surface area contributed by atoms with E-state index in [9.17, 15) is 29.7 Å². The van der Waals surface area contributed by atoms with Crippen molar-refractivity contribution in [3.05, 3.63) is 72.4 Å². The molecule has 0 aromatic carbocycles. The predicted octanol–water partition coefficient (Wildman–Crippen LogP) is 6.04. The van der Waals surface area contributed by atoms with Crippen LogP contribution in [0.4, 0.5) is 0 Å². The van der Waals surface area contributed by atoms with Gasteiger partial charge in [0, 0.05) is 42.2 Å². The number of carbonyl (C=O) groups excluding carboxylic acids is 3. The van der Waals surface area contributed by atoms with Crippen molar-refractivity contribution in [2.45, 2.75) is 166 Å². The number of rotatable bonds is 7. The van der Waals surface area contributed by atoms with Gasteiger partial charge in [0.1, 0.15) is 6.10 Å². The van der Waals surface area contributed by atoms with Gasteiger partial charge < -0.3 is 43.7 Å². The number of fused-ring (bicyclic) bond motifs is 6. The van der Waals surface area contributed by atoms with E-state index in [1.165, 1.54) is 26.2 Å². The second kappa shape index (κ2) is 19.4. The Balaban J connectivity index is 1.79. The summed E-state index contributed by atoms with van der Waals surface area (Å²) in [7, 11) is 1.21. The zero-order chi connectivity index (χ0) is 41.4. The first kappa shape index (κ1) is 45.3. The van der Waals surface area contributed by atoms with Gasteiger partial charge in [-0.2, -0.15) is 0 Å². The Morgan fingerprint density at radius 3 is 2.38 bits per heavy atom. The number of aliphatic hydroxyl groups excluding tert-OH is 2. The fraction of sp³-hybridized carbons (Fsp3) is 0.659. The summed E-state index contributed by atoms with van der Waals surface area (Å²) >= 11 is 0. The molecule has 4 rings (SSSR count). The first-order valence-corrected chi connectivity index (χ1v) is 19.9. The SMILES string of the molecule is C=C1C[C@H]2C[C@@H]3O[C@@H](CC(=C)C3(C)C)C[C@@H](O)CC(=O)O[C@@H]([C@@H](C)O)C[C@@H]3C/C(=C\C(=O)OC)[C@H](OC(=O)/C=C/C=C/CCC)[C@@](O)(O3)C(C)(C)/C=C/[C@@H](C1)O2. The van der Waals surface area contributed by atoms with Gasteiger partial charge in [-0.15, -0.1) is 0 Å². The zero-order valence-corrected chi connectivity index (χ0v) is 34.2. The number of methoxy groups -OCH3 is 1. The Labute approximate surface area is 332 Å². The number of cyclic esters (lactones) is 1. The third kappa shape index (κ3) is 11.6. The largest absolute Gasteiger partial charge is 0.466 e. The van der Waals surface area contributed by atoms with Gasteiger partial charge in [0.15, 0.2) is 6.10 Å². The van der Waals surface area contributed by atoms with E-state index < -0.39 is 71.1 Å². The Hall–Kier alpha value is -3.39. The van der Waals surface area contributed by atoms with Crippen LogP contribution in [0.25, 0.3) is 0 Å². The highest BCUT2D eigenvalue weighted by Gasteiger charge is 2.57. The number of esters is 3. The van der Waals surface area contributed by atoms with Crippen LogP contribution in [0.15, 0.2) is 72.4 Å². The molecule has 56 heavy (non-hydrogen) atoms. The summed E-state index contributed by atoms with van der Waals surface area (Å²) in [4.78, 5) is 39.3. The molecule has 3 saturated heterocycles. The highest BCUT2D eigenvalue weighted by Crippen LogP contribution is 2.48. The second-order valence-electron chi connectivity index (χ2n) is 16.9. The average Bonchev–Trinajstić information content (AvgIpc) is 3.10. The molecule has 6 bridgehead atoms. The van der Waals surface area contributed by atoms with Gasteiger partial charge in [-0.3, -0.25) is 4.79 Å². The van der Waals surface area contributed by atoms with Crippen LogP contribution in [0.5, 0.6) is 0 Å². The Morgan fingerprint density at radius 1 is 0.982 bits per heavy atom. The maximum absolute atomic E-state index is 13.3. The minimum atomic E-state index is -2.31. The normalized spacial score (nSPS) is 36.1. The standard InChI is InChI=1S/C44H64O12/c1-10-11-12-13-14-15-38(47)55-41-30(22-39(48)51-9)21-35-25-36(29(4)45)54-40(49)24-31(46)23-34-20-28(3)43(7,8)37(53-34)26-33-19-27(2)18-32(52-33)16-17-42(5,6)44(41,50)56-35/h12-17,22,29,31-37,41,45-46,50H,2-3,10-11,18-21,23-26H2,1,4-9H3/b13-12+,15-14+,17-16+,30-22+/t29-,31-,32+,33+,34+,35+,36-,37+,41+,44-/m1/s1. The zero-order valence-electron chi connectivity index (χ0n) is 34.2. The van der Waals surface area contributed by atoms with Gasteiger partial charge in [0.25, 0.3) is 0 Å².